The van der Waals surface area contributed by atoms with Crippen molar-refractivity contribution in [2.75, 3.05) is 0 Å². The van der Waals surface area contributed by atoms with Crippen molar-refractivity contribution in [2.24, 2.45) is 10.9 Å². The first-order valence-corrected chi connectivity index (χ1v) is 6.55. The first-order valence-electron chi connectivity index (χ1n) is 5.01. The average Bonchev–Trinajstić information content (AvgIpc) is 2.14. The van der Waals surface area contributed by atoms with Gasteiger partial charge < -0.3 is 10.5 Å². The minimum atomic E-state index is -3.73. The molecule has 0 spiro atoms. The molecule has 1 fully saturated rings. The highest BCUT2D eigenvalue weighted by molar-refractivity contribution is 7.89. The van der Waals surface area contributed by atoms with Crippen molar-refractivity contribution in [3.8, 4) is 5.75 Å². The molecule has 5 nitrogen and oxygen atoms in total. The molecule has 0 aliphatic heterocycles. The predicted octanol–water partition coefficient (Wildman–Crippen LogP) is 0.202. The Morgan fingerprint density at radius 3 is 2.44 bits per heavy atom. The third-order valence-corrected chi connectivity index (χ3v) is 3.53. The van der Waals surface area contributed by atoms with Gasteiger partial charge in [0.2, 0.25) is 10.0 Å². The lowest BCUT2D eigenvalue weighted by Gasteiger charge is -2.32. The second-order valence-corrected chi connectivity index (χ2v) is 5.49. The predicted molar refractivity (Wildman–Crippen MR) is 59.4 cm³/mol. The maximum Gasteiger partial charge on any atom is 0.241 e. The number of hydrogen-bond donors (Lipinski definition) is 2. The fourth-order valence-corrected chi connectivity index (χ4v) is 2.33. The largest absolute Gasteiger partial charge is 0.489 e. The number of sulfonamides is 1. The minimum absolute atomic E-state index is 0.00194. The molecule has 16 heavy (non-hydrogen) atoms. The quantitative estimate of drug-likeness (QED) is 0.791. The van der Waals surface area contributed by atoms with Crippen LogP contribution in [0, 0.1) is 0 Å². The molecule has 2 rings (SSSR count). The standard InChI is InChI=1S/C10H14N2O3S/c11-7-5-8(6-7)15-9-3-1-2-4-10(9)16(12,13)14/h1-4,7-8H,5-6,11H2,(H2,12,13,14). The summed E-state index contributed by atoms with van der Waals surface area (Å²) in [5, 5.41) is 5.09. The Morgan fingerprint density at radius 1 is 1.25 bits per heavy atom. The van der Waals surface area contributed by atoms with E-state index in [2.05, 4.69) is 0 Å². The van der Waals surface area contributed by atoms with Crippen LogP contribution in [-0.4, -0.2) is 20.6 Å². The van der Waals surface area contributed by atoms with Crippen LogP contribution in [0.15, 0.2) is 29.2 Å². The van der Waals surface area contributed by atoms with E-state index in [-0.39, 0.29) is 17.0 Å². The number of para-hydroxylation sites is 1. The zero-order valence-electron chi connectivity index (χ0n) is 8.67. The summed E-state index contributed by atoms with van der Waals surface area (Å²) in [5.41, 5.74) is 5.62. The van der Waals surface area contributed by atoms with Crippen LogP contribution in [0.4, 0.5) is 0 Å². The maximum absolute atomic E-state index is 11.3. The summed E-state index contributed by atoms with van der Waals surface area (Å²) in [6.45, 7) is 0. The maximum atomic E-state index is 11.3. The topological polar surface area (TPSA) is 95.4 Å². The van der Waals surface area contributed by atoms with E-state index < -0.39 is 10.0 Å². The van der Waals surface area contributed by atoms with Gasteiger partial charge in [0.25, 0.3) is 0 Å². The second kappa shape index (κ2) is 4.04. The molecule has 1 aromatic rings. The lowest BCUT2D eigenvalue weighted by atomic mass is 9.90. The number of rotatable bonds is 3. The molecular formula is C10H14N2O3S. The molecule has 0 unspecified atom stereocenters. The van der Waals surface area contributed by atoms with E-state index in [1.165, 1.54) is 6.07 Å². The monoisotopic (exact) mass is 242 g/mol. The first-order chi connectivity index (χ1) is 7.47. The zero-order valence-corrected chi connectivity index (χ0v) is 9.48. The van der Waals surface area contributed by atoms with Crippen molar-refractivity contribution in [2.45, 2.75) is 29.9 Å². The second-order valence-electron chi connectivity index (χ2n) is 3.96. The Labute approximate surface area is 94.4 Å². The molecule has 0 bridgehead atoms. The lowest BCUT2D eigenvalue weighted by Crippen LogP contribution is -2.43. The van der Waals surface area contributed by atoms with Gasteiger partial charge in [-0.2, -0.15) is 0 Å². The highest BCUT2D eigenvalue weighted by atomic mass is 32.2. The van der Waals surface area contributed by atoms with Crippen molar-refractivity contribution in [1.29, 1.82) is 0 Å². The lowest BCUT2D eigenvalue weighted by molar-refractivity contribution is 0.0976. The van der Waals surface area contributed by atoms with Crippen LogP contribution in [-0.2, 0) is 10.0 Å². The normalized spacial score (nSPS) is 24.9. The van der Waals surface area contributed by atoms with E-state index >= 15 is 0 Å². The Bertz CT molecular complexity index is 481. The van der Waals surface area contributed by atoms with Crippen LogP contribution in [0.5, 0.6) is 5.75 Å². The van der Waals surface area contributed by atoms with Gasteiger partial charge in [-0.1, -0.05) is 12.1 Å². The van der Waals surface area contributed by atoms with Crippen LogP contribution in [0.1, 0.15) is 12.8 Å². The molecule has 1 saturated carbocycles. The van der Waals surface area contributed by atoms with Gasteiger partial charge in [-0.15, -0.1) is 0 Å². The van der Waals surface area contributed by atoms with Crippen LogP contribution >= 0.6 is 0 Å². The summed E-state index contributed by atoms with van der Waals surface area (Å²) in [4.78, 5) is 0.0236. The van der Waals surface area contributed by atoms with E-state index in [0.717, 1.165) is 12.8 Å². The summed E-state index contributed by atoms with van der Waals surface area (Å²) >= 11 is 0. The molecule has 0 radical (unpaired) electrons. The molecule has 4 N–H and O–H groups in total. The minimum Gasteiger partial charge on any atom is -0.489 e. The van der Waals surface area contributed by atoms with Crippen LogP contribution < -0.4 is 15.6 Å². The van der Waals surface area contributed by atoms with E-state index in [1.54, 1.807) is 18.2 Å². The third kappa shape index (κ3) is 2.34. The number of benzene rings is 1. The van der Waals surface area contributed by atoms with Gasteiger partial charge in [-0.05, 0) is 25.0 Å². The molecule has 0 heterocycles. The van der Waals surface area contributed by atoms with E-state index in [0.29, 0.717) is 5.75 Å². The Balaban J connectivity index is 2.21. The van der Waals surface area contributed by atoms with Gasteiger partial charge >= 0.3 is 0 Å². The smallest absolute Gasteiger partial charge is 0.241 e. The van der Waals surface area contributed by atoms with Crippen molar-refractivity contribution in [1.82, 2.24) is 0 Å². The third-order valence-electron chi connectivity index (χ3n) is 2.58. The fourth-order valence-electron chi connectivity index (χ4n) is 1.66. The summed E-state index contributed by atoms with van der Waals surface area (Å²) in [6.07, 6.45) is 1.50. The van der Waals surface area contributed by atoms with Gasteiger partial charge in [-0.25, -0.2) is 13.6 Å². The van der Waals surface area contributed by atoms with Gasteiger partial charge in [0.15, 0.2) is 0 Å². The van der Waals surface area contributed by atoms with Crippen LogP contribution in [0.2, 0.25) is 0 Å². The molecule has 1 aliphatic carbocycles. The van der Waals surface area contributed by atoms with Crippen molar-refractivity contribution in [3.05, 3.63) is 24.3 Å². The SMILES string of the molecule is NC1CC(Oc2ccccc2S(N)(=O)=O)C1. The molecule has 0 amide bonds. The summed E-state index contributed by atoms with van der Waals surface area (Å²) in [5.74, 6) is 0.307. The van der Waals surface area contributed by atoms with Gasteiger partial charge in [0.1, 0.15) is 16.7 Å². The molecule has 1 aromatic carbocycles. The van der Waals surface area contributed by atoms with Gasteiger partial charge in [0.05, 0.1) is 0 Å². The van der Waals surface area contributed by atoms with Crippen LogP contribution in [0.25, 0.3) is 0 Å². The highest BCUT2D eigenvalue weighted by Crippen LogP contribution is 2.28. The van der Waals surface area contributed by atoms with Crippen LogP contribution in [0.3, 0.4) is 0 Å². The molecular weight excluding hydrogens is 228 g/mol. The van der Waals surface area contributed by atoms with E-state index in [4.69, 9.17) is 15.6 Å². The summed E-state index contributed by atoms with van der Waals surface area (Å²) in [7, 11) is -3.73. The fraction of sp³-hybridized carbons (Fsp3) is 0.400. The van der Waals surface area contributed by atoms with Crippen molar-refractivity contribution < 1.29 is 13.2 Å². The number of primary sulfonamides is 1. The Morgan fingerprint density at radius 2 is 1.88 bits per heavy atom. The van der Waals surface area contributed by atoms with Gasteiger partial charge in [0, 0.05) is 6.04 Å². The summed E-state index contributed by atoms with van der Waals surface area (Å²) in [6, 6.07) is 6.51. The first kappa shape index (κ1) is 11.4. The number of ether oxygens (including phenoxy) is 1. The Kier molecular flexibility index (Phi) is 2.88. The molecule has 1 aliphatic rings. The summed E-state index contributed by atoms with van der Waals surface area (Å²) < 4.78 is 28.1. The Hall–Kier alpha value is -1.11. The molecule has 0 saturated heterocycles. The number of nitrogens with two attached hydrogens (primary N) is 2. The molecule has 88 valence electrons. The molecule has 0 atom stereocenters. The van der Waals surface area contributed by atoms with Crippen molar-refractivity contribution in [3.63, 3.8) is 0 Å². The van der Waals surface area contributed by atoms with E-state index in [9.17, 15) is 8.42 Å². The van der Waals surface area contributed by atoms with E-state index in [1.807, 2.05) is 0 Å². The number of hydrogen-bond acceptors (Lipinski definition) is 4. The average molecular weight is 242 g/mol. The molecule has 0 aromatic heterocycles. The van der Waals surface area contributed by atoms with Gasteiger partial charge in [-0.3, -0.25) is 0 Å². The highest BCUT2D eigenvalue weighted by Gasteiger charge is 2.29. The van der Waals surface area contributed by atoms with Crippen molar-refractivity contribution >= 4 is 10.0 Å². The molecule has 6 heteroatoms. The zero-order chi connectivity index (χ0) is 11.8.